The molecule has 1 aliphatic carbocycles. The van der Waals surface area contributed by atoms with E-state index in [0.717, 1.165) is 19.3 Å². The summed E-state index contributed by atoms with van der Waals surface area (Å²) >= 11 is 0. The summed E-state index contributed by atoms with van der Waals surface area (Å²) in [7, 11) is 0. The normalized spacial score (nSPS) is 44.7. The Hall–Kier alpha value is -0.0800. The molecule has 0 unspecified atom stereocenters. The van der Waals surface area contributed by atoms with E-state index < -0.39 is 0 Å². The minimum Gasteiger partial charge on any atom is -0.390 e. The Balaban J connectivity index is 2.01. The Labute approximate surface area is 67.6 Å². The molecule has 0 bridgehead atoms. The van der Waals surface area contributed by atoms with Gasteiger partial charge in [0.25, 0.3) is 0 Å². The first-order valence-electron chi connectivity index (χ1n) is 4.65. The molecule has 0 aromatic rings. The SMILES string of the molecule is CC[C@H](O)[C@@]12CCCC[C@@H]1O2. The van der Waals surface area contributed by atoms with Crippen LogP contribution in [0.25, 0.3) is 0 Å². The van der Waals surface area contributed by atoms with Crippen LogP contribution in [0.4, 0.5) is 0 Å². The highest BCUT2D eigenvalue weighted by molar-refractivity contribution is 5.09. The van der Waals surface area contributed by atoms with Crippen LogP contribution in [0.1, 0.15) is 39.0 Å². The average Bonchev–Trinajstić information content (AvgIpc) is 2.78. The van der Waals surface area contributed by atoms with Crippen molar-refractivity contribution in [3.05, 3.63) is 0 Å². The maximum absolute atomic E-state index is 9.66. The van der Waals surface area contributed by atoms with Gasteiger partial charge < -0.3 is 9.84 Å². The number of rotatable bonds is 2. The number of hydrogen-bond acceptors (Lipinski definition) is 2. The van der Waals surface area contributed by atoms with Crippen molar-refractivity contribution in [3.63, 3.8) is 0 Å². The predicted octanol–water partition coefficient (Wildman–Crippen LogP) is 1.47. The second-order valence-electron chi connectivity index (χ2n) is 3.73. The van der Waals surface area contributed by atoms with Gasteiger partial charge in [0.2, 0.25) is 0 Å². The van der Waals surface area contributed by atoms with Crippen LogP contribution in [0, 0.1) is 0 Å². The molecule has 0 spiro atoms. The molecule has 1 saturated carbocycles. The third-order valence-corrected chi connectivity index (χ3v) is 3.08. The second-order valence-corrected chi connectivity index (χ2v) is 3.73. The van der Waals surface area contributed by atoms with Gasteiger partial charge >= 0.3 is 0 Å². The van der Waals surface area contributed by atoms with Crippen molar-refractivity contribution >= 4 is 0 Å². The minimum atomic E-state index is -0.215. The van der Waals surface area contributed by atoms with Gasteiger partial charge in [0.1, 0.15) is 5.60 Å². The molecule has 2 nitrogen and oxygen atoms in total. The lowest BCUT2D eigenvalue weighted by atomic mass is 9.84. The Morgan fingerprint density at radius 1 is 1.64 bits per heavy atom. The number of hydrogen-bond donors (Lipinski definition) is 1. The fourth-order valence-corrected chi connectivity index (χ4v) is 2.29. The zero-order valence-corrected chi connectivity index (χ0v) is 7.05. The number of aliphatic hydroxyl groups is 1. The Kier molecular flexibility index (Phi) is 1.69. The molecule has 1 heterocycles. The summed E-state index contributed by atoms with van der Waals surface area (Å²) in [5, 5.41) is 9.66. The van der Waals surface area contributed by atoms with Gasteiger partial charge in [-0.1, -0.05) is 19.8 Å². The fraction of sp³-hybridized carbons (Fsp3) is 1.00. The number of epoxide rings is 1. The number of ether oxygens (including phenoxy) is 1. The van der Waals surface area contributed by atoms with Gasteiger partial charge in [-0.15, -0.1) is 0 Å². The molecule has 3 atom stereocenters. The maximum atomic E-state index is 9.66. The summed E-state index contributed by atoms with van der Waals surface area (Å²) in [6, 6.07) is 0. The van der Waals surface area contributed by atoms with Crippen molar-refractivity contribution < 1.29 is 9.84 Å². The molecule has 1 saturated heterocycles. The molecule has 2 aliphatic rings. The third kappa shape index (κ3) is 1.00. The Bertz CT molecular complexity index is 158. The van der Waals surface area contributed by atoms with Crippen LogP contribution in [-0.2, 0) is 4.74 Å². The average molecular weight is 156 g/mol. The standard InChI is InChI=1S/C9H16O2/c1-2-7(10)9-6-4-3-5-8(9)11-9/h7-8,10H,2-6H2,1H3/t7-,8-,9-/m0/s1. The van der Waals surface area contributed by atoms with Gasteiger partial charge in [-0.25, -0.2) is 0 Å². The smallest absolute Gasteiger partial charge is 0.120 e. The number of fused-ring (bicyclic) bond motifs is 1. The lowest BCUT2D eigenvalue weighted by Gasteiger charge is -2.21. The summed E-state index contributed by atoms with van der Waals surface area (Å²) in [6.45, 7) is 2.02. The van der Waals surface area contributed by atoms with Crippen LogP contribution in [0.15, 0.2) is 0 Å². The first kappa shape index (κ1) is 7.56. The molecule has 2 rings (SSSR count). The minimum absolute atomic E-state index is 0.0903. The molecule has 0 aromatic carbocycles. The van der Waals surface area contributed by atoms with E-state index in [1.807, 2.05) is 6.92 Å². The van der Waals surface area contributed by atoms with Crippen LogP contribution in [0.5, 0.6) is 0 Å². The molecule has 0 amide bonds. The van der Waals surface area contributed by atoms with E-state index in [-0.39, 0.29) is 11.7 Å². The molecule has 0 radical (unpaired) electrons. The van der Waals surface area contributed by atoms with Gasteiger partial charge in [-0.05, 0) is 19.3 Å². The Morgan fingerprint density at radius 3 is 3.09 bits per heavy atom. The lowest BCUT2D eigenvalue weighted by molar-refractivity contribution is 0.0644. The van der Waals surface area contributed by atoms with Crippen LogP contribution >= 0.6 is 0 Å². The fourth-order valence-electron chi connectivity index (χ4n) is 2.29. The highest BCUT2D eigenvalue weighted by Crippen LogP contribution is 2.50. The first-order chi connectivity index (χ1) is 5.29. The largest absolute Gasteiger partial charge is 0.390 e. The molecule has 1 N–H and O–H groups in total. The van der Waals surface area contributed by atoms with E-state index in [2.05, 4.69) is 0 Å². The summed E-state index contributed by atoms with van der Waals surface area (Å²) in [4.78, 5) is 0. The maximum Gasteiger partial charge on any atom is 0.120 e. The van der Waals surface area contributed by atoms with Crippen molar-refractivity contribution in [1.82, 2.24) is 0 Å². The van der Waals surface area contributed by atoms with Crippen molar-refractivity contribution in [3.8, 4) is 0 Å². The topological polar surface area (TPSA) is 32.8 Å². The summed E-state index contributed by atoms with van der Waals surface area (Å²) in [6.07, 6.45) is 5.76. The van der Waals surface area contributed by atoms with E-state index in [0.29, 0.717) is 6.10 Å². The van der Waals surface area contributed by atoms with Gasteiger partial charge in [0.15, 0.2) is 0 Å². The molecular weight excluding hydrogens is 140 g/mol. The highest BCUT2D eigenvalue weighted by atomic mass is 16.6. The summed E-state index contributed by atoms with van der Waals surface area (Å²) in [5.74, 6) is 0. The van der Waals surface area contributed by atoms with Crippen molar-refractivity contribution in [2.24, 2.45) is 0 Å². The zero-order valence-electron chi connectivity index (χ0n) is 7.05. The van der Waals surface area contributed by atoms with Crippen LogP contribution in [0.3, 0.4) is 0 Å². The van der Waals surface area contributed by atoms with E-state index in [9.17, 15) is 5.11 Å². The quantitative estimate of drug-likeness (QED) is 0.614. The monoisotopic (exact) mass is 156 g/mol. The van der Waals surface area contributed by atoms with Gasteiger partial charge in [-0.2, -0.15) is 0 Å². The molecule has 2 fully saturated rings. The molecule has 2 heteroatoms. The molecule has 1 aliphatic heterocycles. The van der Waals surface area contributed by atoms with Crippen molar-refractivity contribution in [2.75, 3.05) is 0 Å². The van der Waals surface area contributed by atoms with E-state index >= 15 is 0 Å². The number of aliphatic hydroxyl groups excluding tert-OH is 1. The van der Waals surface area contributed by atoms with E-state index in [1.54, 1.807) is 0 Å². The molecule has 64 valence electrons. The van der Waals surface area contributed by atoms with Crippen molar-refractivity contribution in [2.45, 2.75) is 56.8 Å². The molecule has 0 aromatic heterocycles. The van der Waals surface area contributed by atoms with Crippen LogP contribution in [-0.4, -0.2) is 22.9 Å². The highest BCUT2D eigenvalue weighted by Gasteiger charge is 2.60. The van der Waals surface area contributed by atoms with Crippen LogP contribution < -0.4 is 0 Å². The third-order valence-electron chi connectivity index (χ3n) is 3.08. The van der Waals surface area contributed by atoms with E-state index in [4.69, 9.17) is 4.74 Å². The summed E-state index contributed by atoms with van der Waals surface area (Å²) < 4.78 is 5.57. The van der Waals surface area contributed by atoms with Gasteiger partial charge in [-0.3, -0.25) is 0 Å². The Morgan fingerprint density at radius 2 is 2.45 bits per heavy atom. The van der Waals surface area contributed by atoms with Crippen LogP contribution in [0.2, 0.25) is 0 Å². The van der Waals surface area contributed by atoms with Gasteiger partial charge in [0, 0.05) is 0 Å². The molecule has 11 heavy (non-hydrogen) atoms. The van der Waals surface area contributed by atoms with E-state index in [1.165, 1.54) is 12.8 Å². The predicted molar refractivity (Wildman–Crippen MR) is 42.4 cm³/mol. The molecular formula is C9H16O2. The first-order valence-corrected chi connectivity index (χ1v) is 4.65. The summed E-state index contributed by atoms with van der Waals surface area (Å²) in [5.41, 5.74) is -0.0903. The van der Waals surface area contributed by atoms with Crippen molar-refractivity contribution in [1.29, 1.82) is 0 Å². The second kappa shape index (κ2) is 2.46. The van der Waals surface area contributed by atoms with Gasteiger partial charge in [0.05, 0.1) is 12.2 Å². The lowest BCUT2D eigenvalue weighted by Crippen LogP contribution is -2.33. The zero-order chi connectivity index (χ0) is 7.90.